The summed E-state index contributed by atoms with van der Waals surface area (Å²) in [6.07, 6.45) is 3.59. The Balaban J connectivity index is 1.49. The number of H-pyrrole nitrogens is 1. The largest absolute Gasteiger partial charge is 0.447 e. The number of ether oxygens (including phenoxy) is 1. The summed E-state index contributed by atoms with van der Waals surface area (Å²) in [5.41, 5.74) is 3.34. The maximum atomic E-state index is 13.2. The SMILES string of the molecule is Cc1n[nH]c(C)c1-c1ccc(NC(=O)[C@@H](NC(=O)OC(C)C)C(C2CC2)C2CC2)nn1. The number of nitrogens with zero attached hydrogens (tertiary/aromatic N) is 3. The van der Waals surface area contributed by atoms with Crippen molar-refractivity contribution in [2.24, 2.45) is 17.8 Å². The molecule has 2 heterocycles. The highest BCUT2D eigenvalue weighted by Gasteiger charge is 2.48. The van der Waals surface area contributed by atoms with Crippen LogP contribution in [0.15, 0.2) is 12.1 Å². The summed E-state index contributed by atoms with van der Waals surface area (Å²) >= 11 is 0. The van der Waals surface area contributed by atoms with Crippen LogP contribution in [0.25, 0.3) is 11.3 Å². The van der Waals surface area contributed by atoms with E-state index in [0.29, 0.717) is 23.3 Å². The fourth-order valence-electron chi connectivity index (χ4n) is 4.27. The molecule has 2 aliphatic rings. The average Bonchev–Trinajstić information content (AvgIpc) is 3.63. The predicted molar refractivity (Wildman–Crippen MR) is 115 cm³/mol. The van der Waals surface area contributed by atoms with Gasteiger partial charge in [0, 0.05) is 11.3 Å². The van der Waals surface area contributed by atoms with Crippen molar-refractivity contribution in [2.45, 2.75) is 65.5 Å². The van der Waals surface area contributed by atoms with E-state index in [2.05, 4.69) is 31.0 Å². The number of aryl methyl sites for hydroxylation is 2. The second-order valence-corrected chi connectivity index (χ2v) is 8.93. The van der Waals surface area contributed by atoms with Crippen molar-refractivity contribution in [2.75, 3.05) is 5.32 Å². The van der Waals surface area contributed by atoms with E-state index in [1.165, 1.54) is 0 Å². The molecule has 0 aliphatic heterocycles. The van der Waals surface area contributed by atoms with Gasteiger partial charge in [-0.05, 0) is 83.3 Å². The second kappa shape index (κ2) is 8.64. The van der Waals surface area contributed by atoms with Gasteiger partial charge in [-0.1, -0.05) is 0 Å². The molecule has 2 saturated carbocycles. The first-order valence-corrected chi connectivity index (χ1v) is 11.0. The lowest BCUT2D eigenvalue weighted by molar-refractivity contribution is -0.119. The van der Waals surface area contributed by atoms with E-state index < -0.39 is 12.1 Å². The van der Waals surface area contributed by atoms with E-state index in [-0.39, 0.29) is 17.9 Å². The van der Waals surface area contributed by atoms with Crippen LogP contribution >= 0.6 is 0 Å². The number of hydrogen-bond acceptors (Lipinski definition) is 6. The lowest BCUT2D eigenvalue weighted by Gasteiger charge is -2.27. The van der Waals surface area contributed by atoms with E-state index in [1.54, 1.807) is 19.9 Å². The number of aromatic amines is 1. The Morgan fingerprint density at radius 1 is 1.10 bits per heavy atom. The highest BCUT2D eigenvalue weighted by Crippen LogP contribution is 2.50. The molecule has 2 fully saturated rings. The standard InChI is InChI=1S/C22H30N6O3/c1-11(2)31-22(30)24-20(19(14-5-6-14)15-7-8-15)21(29)23-17-10-9-16(27-28-17)18-12(3)25-26-13(18)4/h9-11,14-15,19-20H,5-8H2,1-4H3,(H,24,30)(H,25,26)(H,23,28,29)/t20-/m0/s1. The molecule has 0 saturated heterocycles. The lowest BCUT2D eigenvalue weighted by Crippen LogP contribution is -2.50. The van der Waals surface area contributed by atoms with Gasteiger partial charge in [0.1, 0.15) is 6.04 Å². The Kier molecular flexibility index (Phi) is 5.93. The Bertz CT molecular complexity index is 915. The third-order valence-electron chi connectivity index (χ3n) is 5.92. The number of anilines is 1. The molecule has 3 N–H and O–H groups in total. The van der Waals surface area contributed by atoms with Gasteiger partial charge in [0.05, 0.1) is 17.5 Å². The van der Waals surface area contributed by atoms with Gasteiger partial charge in [0.2, 0.25) is 5.91 Å². The fraction of sp³-hybridized carbons (Fsp3) is 0.591. The molecule has 4 rings (SSSR count). The van der Waals surface area contributed by atoms with Crippen molar-refractivity contribution in [3.8, 4) is 11.3 Å². The van der Waals surface area contributed by atoms with Gasteiger partial charge < -0.3 is 15.4 Å². The summed E-state index contributed by atoms with van der Waals surface area (Å²) in [5, 5.41) is 21.2. The average molecular weight is 427 g/mol. The van der Waals surface area contributed by atoms with E-state index in [0.717, 1.165) is 42.6 Å². The minimum atomic E-state index is -0.647. The Morgan fingerprint density at radius 3 is 2.26 bits per heavy atom. The maximum absolute atomic E-state index is 13.2. The third kappa shape index (κ3) is 5.03. The molecule has 2 amide bonds. The van der Waals surface area contributed by atoms with Gasteiger partial charge in [-0.2, -0.15) is 5.10 Å². The Labute approximate surface area is 181 Å². The van der Waals surface area contributed by atoms with Gasteiger partial charge in [0.25, 0.3) is 0 Å². The zero-order chi connectivity index (χ0) is 22.1. The predicted octanol–water partition coefficient (Wildman–Crippen LogP) is 3.36. The molecule has 0 unspecified atom stereocenters. The number of alkyl carbamates (subject to hydrolysis) is 1. The molecule has 1 atom stereocenters. The van der Waals surface area contributed by atoms with E-state index in [1.807, 2.05) is 19.9 Å². The van der Waals surface area contributed by atoms with Crippen LogP contribution in [0, 0.1) is 31.6 Å². The van der Waals surface area contributed by atoms with Crippen molar-refractivity contribution in [3.05, 3.63) is 23.5 Å². The smallest absolute Gasteiger partial charge is 0.408 e. The molecular formula is C22H30N6O3. The molecule has 0 bridgehead atoms. The van der Waals surface area contributed by atoms with Crippen molar-refractivity contribution in [3.63, 3.8) is 0 Å². The van der Waals surface area contributed by atoms with Gasteiger partial charge >= 0.3 is 6.09 Å². The highest BCUT2D eigenvalue weighted by atomic mass is 16.6. The van der Waals surface area contributed by atoms with Crippen molar-refractivity contribution in [1.29, 1.82) is 0 Å². The number of nitrogens with one attached hydrogen (secondary N) is 3. The first-order valence-electron chi connectivity index (χ1n) is 11.0. The number of aromatic nitrogens is 4. The zero-order valence-corrected chi connectivity index (χ0v) is 18.4. The third-order valence-corrected chi connectivity index (χ3v) is 5.92. The van der Waals surface area contributed by atoms with Crippen LogP contribution in [0.5, 0.6) is 0 Å². The van der Waals surface area contributed by atoms with Crippen LogP contribution in [-0.4, -0.2) is 44.5 Å². The molecule has 0 aromatic carbocycles. The number of rotatable bonds is 8. The number of carbonyl (C=O) groups excluding carboxylic acids is 2. The zero-order valence-electron chi connectivity index (χ0n) is 18.4. The van der Waals surface area contributed by atoms with E-state index >= 15 is 0 Å². The molecule has 31 heavy (non-hydrogen) atoms. The summed E-state index contributed by atoms with van der Waals surface area (Å²) in [6, 6.07) is 2.88. The summed E-state index contributed by atoms with van der Waals surface area (Å²) in [6.45, 7) is 7.40. The quantitative estimate of drug-likeness (QED) is 0.595. The Morgan fingerprint density at radius 2 is 1.77 bits per heavy atom. The first-order chi connectivity index (χ1) is 14.8. The molecule has 9 heteroatoms. The minimum absolute atomic E-state index is 0.128. The van der Waals surface area contributed by atoms with E-state index in [9.17, 15) is 9.59 Å². The highest BCUT2D eigenvalue weighted by molar-refractivity contribution is 5.96. The van der Waals surface area contributed by atoms with Crippen molar-refractivity contribution >= 4 is 17.8 Å². The molecule has 0 radical (unpaired) electrons. The number of amides is 2. The maximum Gasteiger partial charge on any atom is 0.408 e. The van der Waals surface area contributed by atoms with E-state index in [4.69, 9.17) is 4.74 Å². The topological polar surface area (TPSA) is 122 Å². The summed E-state index contributed by atoms with van der Waals surface area (Å²) < 4.78 is 5.24. The van der Waals surface area contributed by atoms with Crippen LogP contribution in [0.1, 0.15) is 50.9 Å². The molecular weight excluding hydrogens is 396 g/mol. The van der Waals surface area contributed by atoms with Crippen molar-refractivity contribution in [1.82, 2.24) is 25.7 Å². The lowest BCUT2D eigenvalue weighted by atomic mass is 9.89. The Hall–Kier alpha value is -2.97. The fourth-order valence-corrected chi connectivity index (χ4v) is 4.27. The van der Waals surface area contributed by atoms with Gasteiger partial charge in [0.15, 0.2) is 5.82 Å². The van der Waals surface area contributed by atoms with Crippen molar-refractivity contribution < 1.29 is 14.3 Å². The van der Waals surface area contributed by atoms with Crippen LogP contribution in [0.2, 0.25) is 0 Å². The molecule has 166 valence electrons. The summed E-state index contributed by atoms with van der Waals surface area (Å²) in [7, 11) is 0. The van der Waals surface area contributed by atoms with Crippen LogP contribution < -0.4 is 10.6 Å². The van der Waals surface area contributed by atoms with Crippen LogP contribution in [-0.2, 0) is 9.53 Å². The monoisotopic (exact) mass is 426 g/mol. The summed E-state index contributed by atoms with van der Waals surface area (Å²) in [5.74, 6) is 1.15. The molecule has 2 aliphatic carbocycles. The normalized spacial score (nSPS) is 17.0. The first kappa shape index (κ1) is 21.3. The molecule has 2 aromatic rings. The van der Waals surface area contributed by atoms with Gasteiger partial charge in [-0.3, -0.25) is 9.89 Å². The summed E-state index contributed by atoms with van der Waals surface area (Å²) in [4.78, 5) is 25.5. The van der Waals surface area contributed by atoms with Crippen LogP contribution in [0.4, 0.5) is 10.6 Å². The molecule has 0 spiro atoms. The molecule has 9 nitrogen and oxygen atoms in total. The van der Waals surface area contributed by atoms with Gasteiger partial charge in [-0.25, -0.2) is 4.79 Å². The van der Waals surface area contributed by atoms with Crippen LogP contribution in [0.3, 0.4) is 0 Å². The minimum Gasteiger partial charge on any atom is -0.447 e. The van der Waals surface area contributed by atoms with Gasteiger partial charge in [-0.15, -0.1) is 10.2 Å². The number of carbonyl (C=O) groups is 2. The number of hydrogen-bond donors (Lipinski definition) is 3. The molecule has 2 aromatic heterocycles. The second-order valence-electron chi connectivity index (χ2n) is 8.93.